The van der Waals surface area contributed by atoms with Crippen LogP contribution in [0.15, 0.2) is 29.8 Å². The molecular formula is C13H16O2. The Kier molecular flexibility index (Phi) is 3.67. The van der Waals surface area contributed by atoms with E-state index in [2.05, 4.69) is 6.08 Å². The van der Waals surface area contributed by atoms with Gasteiger partial charge in [-0.15, -0.1) is 0 Å². The number of carboxylic acid groups (broad SMARTS) is 1. The quantitative estimate of drug-likeness (QED) is 0.820. The lowest BCUT2D eigenvalue weighted by Crippen LogP contribution is -2.06. The van der Waals surface area contributed by atoms with E-state index < -0.39 is 11.9 Å². The highest BCUT2D eigenvalue weighted by Gasteiger charge is 2.12. The Morgan fingerprint density at radius 3 is 2.20 bits per heavy atom. The monoisotopic (exact) mass is 204 g/mol. The Labute approximate surface area is 90.3 Å². The van der Waals surface area contributed by atoms with Gasteiger partial charge in [-0.1, -0.05) is 35.9 Å². The minimum absolute atomic E-state index is 0.439. The molecule has 1 aromatic carbocycles. The van der Waals surface area contributed by atoms with Crippen molar-refractivity contribution in [3.8, 4) is 0 Å². The van der Waals surface area contributed by atoms with Crippen molar-refractivity contribution in [3.63, 3.8) is 0 Å². The predicted molar refractivity (Wildman–Crippen MR) is 61.8 cm³/mol. The molecule has 15 heavy (non-hydrogen) atoms. The highest BCUT2D eigenvalue weighted by Crippen LogP contribution is 2.17. The van der Waals surface area contributed by atoms with Gasteiger partial charge in [0.2, 0.25) is 0 Å². The van der Waals surface area contributed by atoms with Crippen LogP contribution in [0.1, 0.15) is 37.8 Å². The molecule has 2 nitrogen and oxygen atoms in total. The lowest BCUT2D eigenvalue weighted by atomic mass is 10.00. The van der Waals surface area contributed by atoms with Gasteiger partial charge in [0.1, 0.15) is 0 Å². The van der Waals surface area contributed by atoms with Gasteiger partial charge >= 0.3 is 5.97 Å². The number of hydrogen-bond acceptors (Lipinski definition) is 1. The molecule has 0 aliphatic carbocycles. The van der Waals surface area contributed by atoms with Gasteiger partial charge in [0.25, 0.3) is 0 Å². The van der Waals surface area contributed by atoms with Crippen LogP contribution >= 0.6 is 0 Å². The van der Waals surface area contributed by atoms with E-state index in [0.29, 0.717) is 0 Å². The Morgan fingerprint density at radius 1 is 1.27 bits per heavy atom. The Bertz CT molecular complexity index is 370. The van der Waals surface area contributed by atoms with E-state index in [1.54, 1.807) is 6.92 Å². The van der Waals surface area contributed by atoms with Crippen molar-refractivity contribution in [2.45, 2.75) is 26.7 Å². The second-order valence-corrected chi connectivity index (χ2v) is 3.95. The summed E-state index contributed by atoms with van der Waals surface area (Å²) in [5.41, 5.74) is 3.18. The summed E-state index contributed by atoms with van der Waals surface area (Å²) in [7, 11) is 0. The molecule has 1 rings (SSSR count). The first-order valence-corrected chi connectivity index (χ1v) is 4.98. The molecule has 0 aromatic heterocycles. The van der Waals surface area contributed by atoms with Gasteiger partial charge in [-0.25, -0.2) is 0 Å². The second kappa shape index (κ2) is 4.78. The van der Waals surface area contributed by atoms with Crippen molar-refractivity contribution in [2.75, 3.05) is 0 Å². The average Bonchev–Trinajstić information content (AvgIpc) is 2.17. The molecule has 0 spiro atoms. The van der Waals surface area contributed by atoms with E-state index in [1.165, 1.54) is 5.57 Å². The van der Waals surface area contributed by atoms with Crippen molar-refractivity contribution < 1.29 is 9.90 Å². The molecule has 0 unspecified atom stereocenters. The maximum absolute atomic E-state index is 10.8. The molecule has 0 amide bonds. The van der Waals surface area contributed by atoms with E-state index in [9.17, 15) is 4.79 Å². The van der Waals surface area contributed by atoms with Crippen molar-refractivity contribution in [2.24, 2.45) is 0 Å². The van der Waals surface area contributed by atoms with Crippen molar-refractivity contribution in [3.05, 3.63) is 41.0 Å². The molecule has 80 valence electrons. The third-order valence-electron chi connectivity index (χ3n) is 2.26. The fourth-order valence-corrected chi connectivity index (χ4v) is 1.36. The molecule has 1 atom stereocenters. The number of carboxylic acids is 1. The molecule has 1 N–H and O–H groups in total. The van der Waals surface area contributed by atoms with Gasteiger partial charge < -0.3 is 5.11 Å². The van der Waals surface area contributed by atoms with Crippen LogP contribution in [0.5, 0.6) is 0 Å². The van der Waals surface area contributed by atoms with E-state index in [0.717, 1.165) is 11.1 Å². The highest BCUT2D eigenvalue weighted by molar-refractivity contribution is 5.75. The van der Waals surface area contributed by atoms with Gasteiger partial charge in [-0.2, -0.15) is 0 Å². The molecule has 2 heteroatoms. The number of carbonyl (C=O) groups is 1. The van der Waals surface area contributed by atoms with E-state index in [1.807, 2.05) is 38.1 Å². The maximum Gasteiger partial charge on any atom is 0.310 e. The van der Waals surface area contributed by atoms with Crippen molar-refractivity contribution in [1.29, 1.82) is 0 Å². The first-order valence-electron chi connectivity index (χ1n) is 4.98. The minimum Gasteiger partial charge on any atom is -0.481 e. The molecule has 0 fully saturated rings. The fraction of sp³-hybridized carbons (Fsp3) is 0.308. The van der Waals surface area contributed by atoms with Crippen LogP contribution in [0.2, 0.25) is 0 Å². The van der Waals surface area contributed by atoms with Crippen LogP contribution in [-0.4, -0.2) is 11.1 Å². The Balaban J connectivity index is 2.90. The van der Waals surface area contributed by atoms with Crippen LogP contribution in [0.3, 0.4) is 0 Å². The Hall–Kier alpha value is -1.57. The summed E-state index contributed by atoms with van der Waals surface area (Å²) in [4.78, 5) is 10.8. The largest absolute Gasteiger partial charge is 0.481 e. The van der Waals surface area contributed by atoms with Crippen LogP contribution in [0, 0.1) is 0 Å². The van der Waals surface area contributed by atoms with Crippen LogP contribution in [0.4, 0.5) is 0 Å². The number of allylic oxidation sites excluding steroid dienone is 1. The molecule has 0 saturated heterocycles. The smallest absolute Gasteiger partial charge is 0.310 e. The minimum atomic E-state index is -0.787. The lowest BCUT2D eigenvalue weighted by Gasteiger charge is -2.06. The van der Waals surface area contributed by atoms with Crippen LogP contribution in [-0.2, 0) is 4.79 Å². The van der Waals surface area contributed by atoms with Crippen molar-refractivity contribution >= 4 is 12.0 Å². The van der Waals surface area contributed by atoms with E-state index >= 15 is 0 Å². The summed E-state index contributed by atoms with van der Waals surface area (Å²) < 4.78 is 0. The number of hydrogen-bond donors (Lipinski definition) is 1. The number of rotatable bonds is 3. The van der Waals surface area contributed by atoms with Gasteiger partial charge in [-0.05, 0) is 31.9 Å². The summed E-state index contributed by atoms with van der Waals surface area (Å²) in [6.07, 6.45) is 2.06. The zero-order valence-electron chi connectivity index (χ0n) is 9.32. The fourth-order valence-electron chi connectivity index (χ4n) is 1.36. The van der Waals surface area contributed by atoms with Gasteiger partial charge in [0.05, 0.1) is 5.92 Å². The molecule has 0 bridgehead atoms. The van der Waals surface area contributed by atoms with E-state index in [-0.39, 0.29) is 0 Å². The van der Waals surface area contributed by atoms with Crippen LogP contribution < -0.4 is 0 Å². The van der Waals surface area contributed by atoms with Gasteiger partial charge in [-0.3, -0.25) is 4.79 Å². The lowest BCUT2D eigenvalue weighted by molar-refractivity contribution is -0.138. The number of benzene rings is 1. The SMILES string of the molecule is CC(C)=Cc1ccc([C@@H](C)C(=O)O)cc1. The second-order valence-electron chi connectivity index (χ2n) is 3.95. The summed E-state index contributed by atoms with van der Waals surface area (Å²) >= 11 is 0. The first kappa shape index (κ1) is 11.5. The molecule has 0 aliphatic heterocycles. The van der Waals surface area contributed by atoms with Gasteiger partial charge in [0, 0.05) is 0 Å². The van der Waals surface area contributed by atoms with Crippen molar-refractivity contribution in [1.82, 2.24) is 0 Å². The number of aliphatic carboxylic acids is 1. The first-order chi connectivity index (χ1) is 7.00. The standard InChI is InChI=1S/C13H16O2/c1-9(2)8-11-4-6-12(7-5-11)10(3)13(14)15/h4-8,10H,1-3H3,(H,14,15)/t10-/m1/s1. The normalized spacial score (nSPS) is 11.9. The Morgan fingerprint density at radius 2 is 1.80 bits per heavy atom. The molecule has 0 saturated carbocycles. The van der Waals surface area contributed by atoms with E-state index in [4.69, 9.17) is 5.11 Å². The topological polar surface area (TPSA) is 37.3 Å². The van der Waals surface area contributed by atoms with Crippen LogP contribution in [0.25, 0.3) is 6.08 Å². The molecule has 0 aliphatic rings. The van der Waals surface area contributed by atoms with Gasteiger partial charge in [0.15, 0.2) is 0 Å². The zero-order chi connectivity index (χ0) is 11.4. The molecule has 0 heterocycles. The maximum atomic E-state index is 10.8. The summed E-state index contributed by atoms with van der Waals surface area (Å²) in [5, 5.41) is 8.84. The summed E-state index contributed by atoms with van der Waals surface area (Å²) in [5.74, 6) is -1.23. The summed E-state index contributed by atoms with van der Waals surface area (Å²) in [6.45, 7) is 5.76. The zero-order valence-corrected chi connectivity index (χ0v) is 9.32. The summed E-state index contributed by atoms with van der Waals surface area (Å²) in [6, 6.07) is 7.63. The average molecular weight is 204 g/mol. The molecule has 1 aromatic rings. The molecule has 0 radical (unpaired) electrons. The third-order valence-corrected chi connectivity index (χ3v) is 2.26. The highest BCUT2D eigenvalue weighted by atomic mass is 16.4. The molecular weight excluding hydrogens is 188 g/mol. The predicted octanol–water partition coefficient (Wildman–Crippen LogP) is 3.30. The third kappa shape index (κ3) is 3.24.